The second-order valence-corrected chi connectivity index (χ2v) is 7.70. The van der Waals surface area contributed by atoms with Crippen molar-refractivity contribution in [3.8, 4) is 0 Å². The highest BCUT2D eigenvalue weighted by Gasteiger charge is 2.13. The van der Waals surface area contributed by atoms with Crippen molar-refractivity contribution in [3.63, 3.8) is 0 Å². The molecule has 0 aliphatic carbocycles. The topological polar surface area (TPSA) is 53.6 Å². The first-order valence-corrected chi connectivity index (χ1v) is 10.5. The number of hydrogen-bond acceptors (Lipinski definition) is 5. The van der Waals surface area contributed by atoms with Crippen LogP contribution in [0.2, 0.25) is 0 Å². The molecule has 0 aromatic heterocycles. The number of ether oxygens (including phenoxy) is 1. The molecular weight excluding hydrogens is 396 g/mol. The van der Waals surface area contributed by atoms with E-state index >= 15 is 0 Å². The van der Waals surface area contributed by atoms with E-state index in [1.54, 1.807) is 30.3 Å². The standard InChI is InChI=1S/C21H25F2N3O2S/c22-21(23)29-17-8-6-16(7-9-17)25-19-5-2-1-4-18(19)20(27)24-10-3-11-26-12-14-28-15-13-26/h1-2,4-9,21,25H,3,10-15H2,(H,24,27). The molecule has 0 saturated carbocycles. The van der Waals surface area contributed by atoms with Crippen LogP contribution in [0.4, 0.5) is 20.2 Å². The average molecular weight is 422 g/mol. The Kier molecular flexibility index (Phi) is 8.27. The van der Waals surface area contributed by atoms with Crippen molar-refractivity contribution in [2.75, 3.05) is 44.7 Å². The Labute approximate surface area is 173 Å². The molecule has 1 fully saturated rings. The van der Waals surface area contributed by atoms with Crippen LogP contribution in [-0.4, -0.2) is 56.0 Å². The number of amides is 1. The van der Waals surface area contributed by atoms with Gasteiger partial charge in [-0.1, -0.05) is 23.9 Å². The fraction of sp³-hybridized carbons (Fsp3) is 0.381. The predicted octanol–water partition coefficient (Wildman–Crippen LogP) is 4.20. The smallest absolute Gasteiger partial charge is 0.288 e. The van der Waals surface area contributed by atoms with Gasteiger partial charge in [-0.2, -0.15) is 8.78 Å². The number of benzene rings is 2. The molecule has 29 heavy (non-hydrogen) atoms. The summed E-state index contributed by atoms with van der Waals surface area (Å²) in [6.07, 6.45) is 0.880. The van der Waals surface area contributed by atoms with Crippen LogP contribution >= 0.6 is 11.8 Å². The van der Waals surface area contributed by atoms with E-state index in [2.05, 4.69) is 15.5 Å². The van der Waals surface area contributed by atoms with Crippen molar-refractivity contribution >= 4 is 29.0 Å². The number of nitrogens with one attached hydrogen (secondary N) is 2. The van der Waals surface area contributed by atoms with E-state index in [4.69, 9.17) is 4.74 Å². The molecule has 0 bridgehead atoms. The highest BCUT2D eigenvalue weighted by Crippen LogP contribution is 2.27. The lowest BCUT2D eigenvalue weighted by Gasteiger charge is -2.26. The number of nitrogens with zero attached hydrogens (tertiary/aromatic N) is 1. The average Bonchev–Trinajstić information content (AvgIpc) is 2.73. The van der Waals surface area contributed by atoms with Crippen LogP contribution in [0.5, 0.6) is 0 Å². The second kappa shape index (κ2) is 11.1. The Morgan fingerprint density at radius 1 is 1.10 bits per heavy atom. The highest BCUT2D eigenvalue weighted by molar-refractivity contribution is 7.99. The van der Waals surface area contributed by atoms with Crippen molar-refractivity contribution in [3.05, 3.63) is 54.1 Å². The summed E-state index contributed by atoms with van der Waals surface area (Å²) in [6.45, 7) is 4.96. The summed E-state index contributed by atoms with van der Waals surface area (Å²) in [7, 11) is 0. The molecule has 1 aliphatic heterocycles. The number of thioether (sulfide) groups is 1. The number of anilines is 2. The summed E-state index contributed by atoms with van der Waals surface area (Å²) >= 11 is 0.507. The lowest BCUT2D eigenvalue weighted by atomic mass is 10.1. The summed E-state index contributed by atoms with van der Waals surface area (Å²) < 4.78 is 30.2. The van der Waals surface area contributed by atoms with Crippen LogP contribution in [0.3, 0.4) is 0 Å². The van der Waals surface area contributed by atoms with Crippen LogP contribution in [0.1, 0.15) is 16.8 Å². The Hall–Kier alpha value is -2.16. The molecule has 5 nitrogen and oxygen atoms in total. The van der Waals surface area contributed by atoms with E-state index in [1.807, 2.05) is 18.2 Å². The van der Waals surface area contributed by atoms with Crippen LogP contribution in [0.25, 0.3) is 0 Å². The maximum atomic E-state index is 12.6. The van der Waals surface area contributed by atoms with Crippen molar-refractivity contribution in [2.45, 2.75) is 17.1 Å². The number of halogens is 2. The molecule has 0 unspecified atom stereocenters. The normalized spacial score (nSPS) is 14.7. The Balaban J connectivity index is 1.53. The maximum Gasteiger partial charge on any atom is 0.288 e. The third-order valence-electron chi connectivity index (χ3n) is 4.57. The first-order valence-electron chi connectivity index (χ1n) is 9.61. The first-order chi connectivity index (χ1) is 14.1. The lowest BCUT2D eigenvalue weighted by Crippen LogP contribution is -2.38. The summed E-state index contributed by atoms with van der Waals surface area (Å²) in [5, 5.41) is 6.17. The minimum Gasteiger partial charge on any atom is -0.379 e. The third-order valence-corrected chi connectivity index (χ3v) is 5.29. The fourth-order valence-corrected chi connectivity index (χ4v) is 3.59. The monoisotopic (exact) mass is 421 g/mol. The number of carbonyl (C=O) groups excluding carboxylic acids is 1. The van der Waals surface area contributed by atoms with Gasteiger partial charge < -0.3 is 15.4 Å². The molecule has 8 heteroatoms. The minimum absolute atomic E-state index is 0.139. The van der Waals surface area contributed by atoms with Crippen molar-refractivity contribution < 1.29 is 18.3 Å². The van der Waals surface area contributed by atoms with Gasteiger partial charge in [-0.3, -0.25) is 9.69 Å². The van der Waals surface area contributed by atoms with Crippen LogP contribution in [0.15, 0.2) is 53.4 Å². The van der Waals surface area contributed by atoms with E-state index in [0.717, 1.165) is 45.0 Å². The zero-order valence-electron chi connectivity index (χ0n) is 16.1. The van der Waals surface area contributed by atoms with Gasteiger partial charge >= 0.3 is 0 Å². The van der Waals surface area contributed by atoms with Crippen LogP contribution in [-0.2, 0) is 4.74 Å². The zero-order valence-corrected chi connectivity index (χ0v) is 16.9. The number of para-hydroxylation sites is 1. The summed E-state index contributed by atoms with van der Waals surface area (Å²) in [5.74, 6) is -2.58. The molecule has 0 atom stereocenters. The molecule has 2 aromatic carbocycles. The molecule has 2 N–H and O–H groups in total. The Bertz CT molecular complexity index is 784. The van der Waals surface area contributed by atoms with Crippen molar-refractivity contribution in [1.82, 2.24) is 10.2 Å². The van der Waals surface area contributed by atoms with E-state index in [0.29, 0.717) is 34.5 Å². The van der Waals surface area contributed by atoms with Crippen molar-refractivity contribution in [2.24, 2.45) is 0 Å². The highest BCUT2D eigenvalue weighted by atomic mass is 32.2. The van der Waals surface area contributed by atoms with Gasteiger partial charge in [-0.15, -0.1) is 0 Å². The van der Waals surface area contributed by atoms with E-state index < -0.39 is 5.76 Å². The quantitative estimate of drug-likeness (QED) is 0.470. The summed E-state index contributed by atoms with van der Waals surface area (Å²) in [4.78, 5) is 15.4. The molecule has 1 saturated heterocycles. The molecule has 3 rings (SSSR count). The number of morpholine rings is 1. The zero-order chi connectivity index (χ0) is 20.5. The molecule has 0 radical (unpaired) electrons. The SMILES string of the molecule is O=C(NCCCN1CCOCC1)c1ccccc1Nc1ccc(SC(F)F)cc1. The van der Waals surface area contributed by atoms with Gasteiger partial charge in [0.1, 0.15) is 0 Å². The molecular formula is C21H25F2N3O2S. The van der Waals surface area contributed by atoms with Gasteiger partial charge in [0.15, 0.2) is 0 Å². The van der Waals surface area contributed by atoms with Gasteiger partial charge in [0.2, 0.25) is 0 Å². The summed E-state index contributed by atoms with van der Waals surface area (Å²) in [6, 6.07) is 14.0. The Morgan fingerprint density at radius 2 is 1.83 bits per heavy atom. The number of carbonyl (C=O) groups is 1. The van der Waals surface area contributed by atoms with Crippen LogP contribution < -0.4 is 10.6 Å². The lowest BCUT2D eigenvalue weighted by molar-refractivity contribution is 0.0374. The number of alkyl halides is 2. The van der Waals surface area contributed by atoms with Crippen molar-refractivity contribution in [1.29, 1.82) is 0 Å². The number of hydrogen-bond donors (Lipinski definition) is 2. The maximum absolute atomic E-state index is 12.6. The van der Waals surface area contributed by atoms with Gasteiger partial charge in [0.05, 0.1) is 24.5 Å². The molecule has 1 aliphatic rings. The molecule has 1 amide bonds. The molecule has 2 aromatic rings. The molecule has 0 spiro atoms. The van der Waals surface area contributed by atoms with Gasteiger partial charge in [-0.05, 0) is 49.4 Å². The largest absolute Gasteiger partial charge is 0.379 e. The Morgan fingerprint density at radius 3 is 2.55 bits per heavy atom. The molecule has 156 valence electrons. The van der Waals surface area contributed by atoms with Crippen LogP contribution in [0, 0.1) is 0 Å². The third kappa shape index (κ3) is 6.99. The summed E-state index contributed by atoms with van der Waals surface area (Å²) in [5.41, 5.74) is 1.95. The first kappa shape index (κ1) is 21.5. The molecule has 1 heterocycles. The van der Waals surface area contributed by atoms with E-state index in [1.165, 1.54) is 0 Å². The number of rotatable bonds is 9. The van der Waals surface area contributed by atoms with Gasteiger partial charge in [0.25, 0.3) is 11.7 Å². The fourth-order valence-electron chi connectivity index (χ4n) is 3.09. The second-order valence-electron chi connectivity index (χ2n) is 6.64. The van der Waals surface area contributed by atoms with Gasteiger partial charge in [0, 0.05) is 30.2 Å². The van der Waals surface area contributed by atoms with Gasteiger partial charge in [-0.25, -0.2) is 0 Å². The predicted molar refractivity (Wildman–Crippen MR) is 112 cm³/mol. The minimum atomic E-state index is -2.44. The van der Waals surface area contributed by atoms with E-state index in [-0.39, 0.29) is 5.91 Å². The van der Waals surface area contributed by atoms with E-state index in [9.17, 15) is 13.6 Å².